The van der Waals surface area contributed by atoms with Crippen molar-refractivity contribution in [1.29, 1.82) is 0 Å². The van der Waals surface area contributed by atoms with E-state index in [1.165, 1.54) is 6.07 Å². The lowest BCUT2D eigenvalue weighted by atomic mass is 10.1. The summed E-state index contributed by atoms with van der Waals surface area (Å²) >= 11 is 0. The molecule has 0 aromatic heterocycles. The molecule has 0 radical (unpaired) electrons. The number of hydrogen-bond acceptors (Lipinski definition) is 4. The van der Waals surface area contributed by atoms with Crippen LogP contribution in [0.1, 0.15) is 37.7 Å². The normalized spacial score (nSPS) is 19.6. The van der Waals surface area contributed by atoms with E-state index in [1.54, 1.807) is 12.1 Å². The summed E-state index contributed by atoms with van der Waals surface area (Å²) in [6.45, 7) is 0.860. The van der Waals surface area contributed by atoms with Gasteiger partial charge in [0.2, 0.25) is 10.0 Å². The summed E-state index contributed by atoms with van der Waals surface area (Å²) in [6, 6.07) is 4.62. The molecule has 2 saturated carbocycles. The van der Waals surface area contributed by atoms with Gasteiger partial charge in [0, 0.05) is 0 Å². The number of ether oxygens (including phenoxy) is 1. The van der Waals surface area contributed by atoms with E-state index >= 15 is 0 Å². The molecule has 2 aliphatic carbocycles. The standard InChI is InChI=1S/C16H23FN2O3S/c17-14-5-4-13(10-15(14)22-11-12-2-3-12)16(6-7-16)19-23(20,21)9-1-8-18/h4-5,10,12,19H,1-3,6-9,11,18H2. The molecule has 5 nitrogen and oxygen atoms in total. The molecule has 0 amide bonds. The highest BCUT2D eigenvalue weighted by Gasteiger charge is 2.47. The molecule has 1 aromatic carbocycles. The number of hydrogen-bond donors (Lipinski definition) is 2. The second-order valence-corrected chi connectivity index (χ2v) is 8.39. The molecule has 0 spiro atoms. The fourth-order valence-electron chi connectivity index (χ4n) is 2.60. The molecule has 128 valence electrons. The van der Waals surface area contributed by atoms with E-state index in [0.29, 0.717) is 38.3 Å². The van der Waals surface area contributed by atoms with Gasteiger partial charge in [0.15, 0.2) is 11.6 Å². The van der Waals surface area contributed by atoms with Crippen LogP contribution in [0.3, 0.4) is 0 Å². The molecular formula is C16H23FN2O3S. The Morgan fingerprint density at radius 2 is 2.09 bits per heavy atom. The van der Waals surface area contributed by atoms with Crippen LogP contribution in [0, 0.1) is 11.7 Å². The van der Waals surface area contributed by atoms with Gasteiger partial charge in [-0.25, -0.2) is 17.5 Å². The number of benzene rings is 1. The van der Waals surface area contributed by atoms with Gasteiger partial charge in [0.25, 0.3) is 0 Å². The molecule has 3 rings (SSSR count). The van der Waals surface area contributed by atoms with Crippen LogP contribution < -0.4 is 15.2 Å². The Hall–Kier alpha value is -1.18. The second-order valence-electron chi connectivity index (χ2n) is 6.54. The Morgan fingerprint density at radius 1 is 1.35 bits per heavy atom. The SMILES string of the molecule is NCCCS(=O)(=O)NC1(c2ccc(F)c(OCC3CC3)c2)CC1. The molecule has 1 aromatic rings. The summed E-state index contributed by atoms with van der Waals surface area (Å²) in [4.78, 5) is 0. The summed E-state index contributed by atoms with van der Waals surface area (Å²) < 4.78 is 46.4. The predicted molar refractivity (Wildman–Crippen MR) is 86.1 cm³/mol. The molecule has 2 aliphatic rings. The Balaban J connectivity index is 1.73. The van der Waals surface area contributed by atoms with Crippen molar-refractivity contribution in [3.8, 4) is 5.75 Å². The lowest BCUT2D eigenvalue weighted by Gasteiger charge is -2.19. The van der Waals surface area contributed by atoms with Crippen LogP contribution in [0.15, 0.2) is 18.2 Å². The van der Waals surface area contributed by atoms with Gasteiger partial charge in [-0.05, 0) is 62.3 Å². The number of nitrogens with one attached hydrogen (secondary N) is 1. The van der Waals surface area contributed by atoms with Crippen molar-refractivity contribution in [3.05, 3.63) is 29.6 Å². The van der Waals surface area contributed by atoms with E-state index in [1.807, 2.05) is 0 Å². The maximum absolute atomic E-state index is 13.9. The number of sulfonamides is 1. The first-order valence-electron chi connectivity index (χ1n) is 8.09. The Labute approximate surface area is 136 Å². The van der Waals surface area contributed by atoms with Gasteiger partial charge in [-0.1, -0.05) is 6.07 Å². The molecule has 0 atom stereocenters. The molecule has 0 bridgehead atoms. The Bertz CT molecular complexity index is 670. The van der Waals surface area contributed by atoms with Crippen molar-refractivity contribution in [2.45, 2.75) is 37.6 Å². The lowest BCUT2D eigenvalue weighted by Crippen LogP contribution is -2.36. The average molecular weight is 342 g/mol. The van der Waals surface area contributed by atoms with Crippen LogP contribution in [0.4, 0.5) is 4.39 Å². The van der Waals surface area contributed by atoms with Crippen molar-refractivity contribution in [3.63, 3.8) is 0 Å². The van der Waals surface area contributed by atoms with Gasteiger partial charge in [-0.15, -0.1) is 0 Å². The van der Waals surface area contributed by atoms with Crippen molar-refractivity contribution >= 4 is 10.0 Å². The second kappa shape index (κ2) is 6.37. The van der Waals surface area contributed by atoms with Crippen molar-refractivity contribution < 1.29 is 17.5 Å². The fraction of sp³-hybridized carbons (Fsp3) is 0.625. The molecule has 0 saturated heterocycles. The smallest absolute Gasteiger partial charge is 0.212 e. The third-order valence-electron chi connectivity index (χ3n) is 4.37. The minimum atomic E-state index is -3.39. The monoisotopic (exact) mass is 342 g/mol. The van der Waals surface area contributed by atoms with Crippen LogP contribution in [0.2, 0.25) is 0 Å². The number of rotatable bonds is 9. The highest BCUT2D eigenvalue weighted by molar-refractivity contribution is 7.89. The zero-order chi connectivity index (χ0) is 16.5. The average Bonchev–Trinajstić information content (AvgIpc) is 3.40. The lowest BCUT2D eigenvalue weighted by molar-refractivity contribution is 0.284. The van der Waals surface area contributed by atoms with E-state index in [0.717, 1.165) is 18.4 Å². The maximum atomic E-state index is 13.9. The van der Waals surface area contributed by atoms with Crippen LogP contribution in [0.5, 0.6) is 5.75 Å². The number of halogens is 1. The highest BCUT2D eigenvalue weighted by atomic mass is 32.2. The third-order valence-corrected chi connectivity index (χ3v) is 5.90. The molecule has 7 heteroatoms. The summed E-state index contributed by atoms with van der Waals surface area (Å²) in [5.41, 5.74) is 5.53. The van der Waals surface area contributed by atoms with Crippen molar-refractivity contribution in [2.24, 2.45) is 11.7 Å². The molecule has 0 unspecified atom stereocenters. The third kappa shape index (κ3) is 4.22. The fourth-order valence-corrected chi connectivity index (χ4v) is 4.17. The molecule has 3 N–H and O–H groups in total. The van der Waals surface area contributed by atoms with Gasteiger partial charge in [-0.3, -0.25) is 0 Å². The van der Waals surface area contributed by atoms with E-state index in [9.17, 15) is 12.8 Å². The molecular weight excluding hydrogens is 319 g/mol. The van der Waals surface area contributed by atoms with Crippen molar-refractivity contribution in [1.82, 2.24) is 4.72 Å². The number of nitrogens with two attached hydrogens (primary N) is 1. The van der Waals surface area contributed by atoms with E-state index in [2.05, 4.69) is 4.72 Å². The van der Waals surface area contributed by atoms with E-state index < -0.39 is 21.4 Å². The Kier molecular flexibility index (Phi) is 4.62. The van der Waals surface area contributed by atoms with E-state index in [4.69, 9.17) is 10.5 Å². The first-order chi connectivity index (χ1) is 10.9. The van der Waals surface area contributed by atoms with Gasteiger partial charge >= 0.3 is 0 Å². The first kappa shape index (κ1) is 16.7. The zero-order valence-electron chi connectivity index (χ0n) is 13.1. The topological polar surface area (TPSA) is 81.4 Å². The first-order valence-corrected chi connectivity index (χ1v) is 9.74. The largest absolute Gasteiger partial charge is 0.490 e. The van der Waals surface area contributed by atoms with Gasteiger partial charge in [-0.2, -0.15) is 0 Å². The molecule has 0 aliphatic heterocycles. The molecule has 0 heterocycles. The molecule has 23 heavy (non-hydrogen) atoms. The minimum Gasteiger partial charge on any atom is -0.490 e. The van der Waals surface area contributed by atoms with E-state index in [-0.39, 0.29) is 11.5 Å². The van der Waals surface area contributed by atoms with Crippen LogP contribution >= 0.6 is 0 Å². The zero-order valence-corrected chi connectivity index (χ0v) is 13.9. The van der Waals surface area contributed by atoms with Crippen molar-refractivity contribution in [2.75, 3.05) is 18.9 Å². The van der Waals surface area contributed by atoms with Gasteiger partial charge in [0.1, 0.15) is 0 Å². The van der Waals surface area contributed by atoms with Gasteiger partial charge < -0.3 is 10.5 Å². The minimum absolute atomic E-state index is 0.0114. The van der Waals surface area contributed by atoms with Crippen LogP contribution in [-0.2, 0) is 15.6 Å². The molecule has 2 fully saturated rings. The highest BCUT2D eigenvalue weighted by Crippen LogP contribution is 2.47. The maximum Gasteiger partial charge on any atom is 0.212 e. The van der Waals surface area contributed by atoms with Gasteiger partial charge in [0.05, 0.1) is 17.9 Å². The summed E-state index contributed by atoms with van der Waals surface area (Å²) in [6.07, 6.45) is 4.11. The van der Waals surface area contributed by atoms with Crippen LogP contribution in [-0.4, -0.2) is 27.3 Å². The quantitative estimate of drug-likeness (QED) is 0.718. The Morgan fingerprint density at radius 3 is 2.70 bits per heavy atom. The summed E-state index contributed by atoms with van der Waals surface area (Å²) in [5, 5.41) is 0. The van der Waals surface area contributed by atoms with Crippen LogP contribution in [0.25, 0.3) is 0 Å². The predicted octanol–water partition coefficient (Wildman–Crippen LogP) is 1.87. The summed E-state index contributed by atoms with van der Waals surface area (Å²) in [7, 11) is -3.39. The summed E-state index contributed by atoms with van der Waals surface area (Å²) in [5.74, 6) is 0.345.